The first kappa shape index (κ1) is 15.2. The largest absolute Gasteiger partial charge is 0.383 e. The van der Waals surface area contributed by atoms with Gasteiger partial charge in [0.15, 0.2) is 0 Å². The fourth-order valence-electron chi connectivity index (χ4n) is 1.73. The molecular formula is C12H20N4O3. The predicted molar refractivity (Wildman–Crippen MR) is 74.8 cm³/mol. The minimum absolute atomic E-state index is 0.00352. The van der Waals surface area contributed by atoms with Crippen LogP contribution in [0.25, 0.3) is 0 Å². The first-order valence-corrected chi connectivity index (χ1v) is 6.10. The van der Waals surface area contributed by atoms with E-state index in [1.165, 1.54) is 6.07 Å². The summed E-state index contributed by atoms with van der Waals surface area (Å²) in [5.41, 5.74) is 0.00352. The van der Waals surface area contributed by atoms with Crippen LogP contribution >= 0.6 is 0 Å². The normalized spacial score (nSPS) is 10.6. The second-order valence-electron chi connectivity index (χ2n) is 4.33. The number of nitrogens with zero attached hydrogens (tertiary/aromatic N) is 3. The molecule has 7 nitrogen and oxygen atoms in total. The van der Waals surface area contributed by atoms with Gasteiger partial charge in [-0.3, -0.25) is 10.1 Å². The van der Waals surface area contributed by atoms with E-state index < -0.39 is 4.92 Å². The quantitative estimate of drug-likeness (QED) is 0.601. The van der Waals surface area contributed by atoms with Crippen LogP contribution in [0.3, 0.4) is 0 Å². The van der Waals surface area contributed by atoms with Gasteiger partial charge >= 0.3 is 5.69 Å². The van der Waals surface area contributed by atoms with E-state index in [-0.39, 0.29) is 11.7 Å². The Morgan fingerprint density at radius 3 is 2.68 bits per heavy atom. The fraction of sp³-hybridized carbons (Fsp3) is 0.583. The van der Waals surface area contributed by atoms with Crippen LogP contribution < -0.4 is 10.2 Å². The highest BCUT2D eigenvalue weighted by Crippen LogP contribution is 2.28. The Labute approximate surface area is 112 Å². The molecule has 0 bridgehead atoms. The van der Waals surface area contributed by atoms with Crippen LogP contribution in [-0.2, 0) is 4.74 Å². The summed E-state index contributed by atoms with van der Waals surface area (Å²) in [6.07, 6.45) is 0. The smallest absolute Gasteiger partial charge is 0.311 e. The van der Waals surface area contributed by atoms with Crippen LogP contribution in [0.5, 0.6) is 0 Å². The number of ether oxygens (including phenoxy) is 1. The van der Waals surface area contributed by atoms with Gasteiger partial charge in [-0.25, -0.2) is 4.98 Å². The van der Waals surface area contributed by atoms with Gasteiger partial charge in [-0.15, -0.1) is 0 Å². The number of hydrogen-bond acceptors (Lipinski definition) is 6. The molecule has 7 heteroatoms. The first-order chi connectivity index (χ1) is 9.01. The molecule has 0 aliphatic heterocycles. The van der Waals surface area contributed by atoms with Gasteiger partial charge in [-0.05, 0) is 19.9 Å². The minimum Gasteiger partial charge on any atom is -0.383 e. The van der Waals surface area contributed by atoms with Crippen molar-refractivity contribution in [3.63, 3.8) is 0 Å². The molecule has 0 amide bonds. The maximum atomic E-state index is 11.1. The lowest BCUT2D eigenvalue weighted by Gasteiger charge is -2.27. The fourth-order valence-corrected chi connectivity index (χ4v) is 1.73. The highest BCUT2D eigenvalue weighted by Gasteiger charge is 2.23. The highest BCUT2D eigenvalue weighted by molar-refractivity contribution is 5.62. The molecule has 0 spiro atoms. The monoisotopic (exact) mass is 268 g/mol. The SMILES string of the molecule is CNc1ccc([N+](=O)[O-])c(N(CCOC)C(C)C)n1. The molecule has 0 unspecified atom stereocenters. The van der Waals surface area contributed by atoms with E-state index in [0.29, 0.717) is 24.8 Å². The van der Waals surface area contributed by atoms with Crippen molar-refractivity contribution >= 4 is 17.3 Å². The average molecular weight is 268 g/mol. The Balaban J connectivity index is 3.20. The van der Waals surface area contributed by atoms with Crippen molar-refractivity contribution in [3.8, 4) is 0 Å². The van der Waals surface area contributed by atoms with Gasteiger partial charge in [-0.1, -0.05) is 0 Å². The van der Waals surface area contributed by atoms with Crippen molar-refractivity contribution < 1.29 is 9.66 Å². The summed E-state index contributed by atoms with van der Waals surface area (Å²) in [5.74, 6) is 0.965. The van der Waals surface area contributed by atoms with Gasteiger partial charge < -0.3 is 15.0 Å². The standard InChI is InChI=1S/C12H20N4O3/c1-9(2)15(7-8-19-4)12-10(16(17)18)5-6-11(13-3)14-12/h5-6,9H,7-8H2,1-4H3,(H,13,14). The van der Waals surface area contributed by atoms with Crippen LogP contribution in [-0.4, -0.2) is 43.3 Å². The van der Waals surface area contributed by atoms with Crippen molar-refractivity contribution in [2.45, 2.75) is 19.9 Å². The van der Waals surface area contributed by atoms with Gasteiger partial charge in [-0.2, -0.15) is 0 Å². The van der Waals surface area contributed by atoms with Crippen molar-refractivity contribution in [1.82, 2.24) is 4.98 Å². The number of hydrogen-bond donors (Lipinski definition) is 1. The summed E-state index contributed by atoms with van der Waals surface area (Å²) >= 11 is 0. The molecule has 0 saturated heterocycles. The maximum absolute atomic E-state index is 11.1. The molecule has 1 aromatic rings. The number of aromatic nitrogens is 1. The number of methoxy groups -OCH3 is 1. The van der Waals surface area contributed by atoms with Crippen LogP contribution in [0, 0.1) is 10.1 Å². The molecule has 1 rings (SSSR count). The van der Waals surface area contributed by atoms with E-state index in [4.69, 9.17) is 4.74 Å². The third kappa shape index (κ3) is 3.78. The molecule has 0 radical (unpaired) electrons. The van der Waals surface area contributed by atoms with E-state index in [1.807, 2.05) is 18.7 Å². The molecule has 0 aliphatic rings. The van der Waals surface area contributed by atoms with Crippen molar-refractivity contribution in [2.75, 3.05) is 37.5 Å². The zero-order valence-corrected chi connectivity index (χ0v) is 11.7. The maximum Gasteiger partial charge on any atom is 0.311 e. The molecule has 0 atom stereocenters. The highest BCUT2D eigenvalue weighted by atomic mass is 16.6. The zero-order chi connectivity index (χ0) is 14.4. The average Bonchev–Trinajstić information content (AvgIpc) is 2.38. The van der Waals surface area contributed by atoms with Gasteiger partial charge in [0.2, 0.25) is 5.82 Å². The Hall–Kier alpha value is -1.89. The molecular weight excluding hydrogens is 248 g/mol. The molecule has 1 N–H and O–H groups in total. The molecule has 0 saturated carbocycles. The van der Waals surface area contributed by atoms with Gasteiger partial charge in [0.1, 0.15) is 5.82 Å². The molecule has 106 valence electrons. The molecule has 0 fully saturated rings. The Morgan fingerprint density at radius 2 is 2.21 bits per heavy atom. The summed E-state index contributed by atoms with van der Waals surface area (Å²) in [7, 11) is 3.33. The molecule has 1 heterocycles. The van der Waals surface area contributed by atoms with Gasteiger partial charge in [0, 0.05) is 32.8 Å². The topological polar surface area (TPSA) is 80.5 Å². The number of anilines is 2. The number of nitro groups is 1. The van der Waals surface area contributed by atoms with Crippen molar-refractivity contribution in [2.24, 2.45) is 0 Å². The van der Waals surface area contributed by atoms with Crippen molar-refractivity contribution in [1.29, 1.82) is 0 Å². The van der Waals surface area contributed by atoms with Crippen LogP contribution in [0.2, 0.25) is 0 Å². The van der Waals surface area contributed by atoms with Crippen LogP contribution in [0.1, 0.15) is 13.8 Å². The lowest BCUT2D eigenvalue weighted by atomic mass is 10.2. The summed E-state index contributed by atoms with van der Waals surface area (Å²) in [4.78, 5) is 16.9. The van der Waals surface area contributed by atoms with Crippen LogP contribution in [0.15, 0.2) is 12.1 Å². The zero-order valence-electron chi connectivity index (χ0n) is 11.7. The Kier molecular flexibility index (Phi) is 5.50. The Morgan fingerprint density at radius 1 is 1.53 bits per heavy atom. The van der Waals surface area contributed by atoms with E-state index in [0.717, 1.165) is 0 Å². The number of rotatable bonds is 7. The van der Waals surface area contributed by atoms with Crippen LogP contribution in [0.4, 0.5) is 17.3 Å². The van der Waals surface area contributed by atoms with E-state index >= 15 is 0 Å². The van der Waals surface area contributed by atoms with Gasteiger partial charge in [0.25, 0.3) is 0 Å². The van der Waals surface area contributed by atoms with E-state index in [1.54, 1.807) is 20.2 Å². The molecule has 0 aromatic carbocycles. The third-order valence-electron chi connectivity index (χ3n) is 2.74. The number of pyridine rings is 1. The van der Waals surface area contributed by atoms with Gasteiger partial charge in [0.05, 0.1) is 11.5 Å². The minimum atomic E-state index is -0.413. The van der Waals surface area contributed by atoms with E-state index in [9.17, 15) is 10.1 Å². The third-order valence-corrected chi connectivity index (χ3v) is 2.74. The second-order valence-corrected chi connectivity index (χ2v) is 4.33. The Bertz CT molecular complexity index is 437. The first-order valence-electron chi connectivity index (χ1n) is 6.10. The molecule has 19 heavy (non-hydrogen) atoms. The molecule has 0 aliphatic carbocycles. The summed E-state index contributed by atoms with van der Waals surface area (Å²) < 4.78 is 5.05. The van der Waals surface area contributed by atoms with Crippen molar-refractivity contribution in [3.05, 3.63) is 22.2 Å². The van der Waals surface area contributed by atoms with E-state index in [2.05, 4.69) is 10.3 Å². The number of nitrogens with one attached hydrogen (secondary N) is 1. The molecule has 1 aromatic heterocycles. The lowest BCUT2D eigenvalue weighted by Crippen LogP contribution is -2.35. The summed E-state index contributed by atoms with van der Waals surface area (Å²) in [5, 5.41) is 14.0. The second kappa shape index (κ2) is 6.89. The predicted octanol–water partition coefficient (Wildman–Crippen LogP) is 1.89. The summed E-state index contributed by atoms with van der Waals surface area (Å²) in [6.45, 7) is 4.97. The summed E-state index contributed by atoms with van der Waals surface area (Å²) in [6, 6.07) is 3.15. The lowest BCUT2D eigenvalue weighted by molar-refractivity contribution is -0.384.